The minimum absolute atomic E-state index is 0.0969. The predicted molar refractivity (Wildman–Crippen MR) is 140 cm³/mol. The van der Waals surface area contributed by atoms with Gasteiger partial charge in [0.15, 0.2) is 5.60 Å². The van der Waals surface area contributed by atoms with Crippen LogP contribution in [0.5, 0.6) is 0 Å². The van der Waals surface area contributed by atoms with E-state index in [4.69, 9.17) is 0 Å². The lowest BCUT2D eigenvalue weighted by Crippen LogP contribution is -2.69. The number of hydrogen-bond acceptors (Lipinski definition) is 1. The van der Waals surface area contributed by atoms with E-state index in [9.17, 15) is 5.11 Å². The van der Waals surface area contributed by atoms with Crippen LogP contribution >= 0.6 is 0 Å². The number of allylic oxidation sites excluding steroid dienone is 1. The van der Waals surface area contributed by atoms with Crippen LogP contribution in [-0.4, -0.2) is 16.9 Å². The molecule has 0 radical (unpaired) electrons. The van der Waals surface area contributed by atoms with Crippen LogP contribution in [0.25, 0.3) is 16.3 Å². The minimum Gasteiger partial charge on any atom is -0.376 e. The molecule has 0 heterocycles. The van der Waals surface area contributed by atoms with E-state index in [2.05, 4.69) is 0 Å². The fourth-order valence-electron chi connectivity index (χ4n) is 5.99. The van der Waals surface area contributed by atoms with Crippen molar-refractivity contribution < 1.29 is 18.3 Å². The molecule has 5 rings (SSSR count). The molecule has 0 aliphatic heterocycles. The van der Waals surface area contributed by atoms with Crippen LogP contribution in [0.3, 0.4) is 0 Å². The molecule has 0 amide bonds. The maximum absolute atomic E-state index is 15.0. The molecule has 4 aromatic carbocycles. The second kappa shape index (κ2) is 9.25. The summed E-state index contributed by atoms with van der Waals surface area (Å²) in [4.78, 5) is 0. The number of fused-ring (bicyclic) bond motifs is 1. The molecule has 0 saturated heterocycles. The molecule has 1 saturated carbocycles. The zero-order valence-electron chi connectivity index (χ0n) is 20.2. The molecule has 1 atom stereocenters. The topological polar surface area (TPSA) is 20.2 Å². The summed E-state index contributed by atoms with van der Waals surface area (Å²) in [6.07, 6.45) is -3.96. The lowest BCUT2D eigenvalue weighted by molar-refractivity contribution is -0.310. The Morgan fingerprint density at radius 1 is 0.750 bits per heavy atom. The van der Waals surface area contributed by atoms with Crippen molar-refractivity contribution in [3.63, 3.8) is 0 Å². The van der Waals surface area contributed by atoms with E-state index in [1.807, 2.05) is 110 Å². The first-order valence-corrected chi connectivity index (χ1v) is 12.4. The average Bonchev–Trinajstić information content (AvgIpc) is 2.88. The summed E-state index contributed by atoms with van der Waals surface area (Å²) >= 11 is 0. The standard InChI is InChI=1S/C32H29F3O/c1-2-28(27-18-17-25-15-9-10-16-26(25)19-27)29-22-30(31(29,36)32(33,34)35,20-23-11-5-3-6-12-23)21-24-13-7-4-8-14-24/h3-19,36H,2,20-22H2,1H3/b29-28-/t31-/m0/s1. The van der Waals surface area contributed by atoms with E-state index in [0.29, 0.717) is 12.0 Å². The Morgan fingerprint density at radius 2 is 1.28 bits per heavy atom. The summed E-state index contributed by atoms with van der Waals surface area (Å²) in [6, 6.07) is 32.0. The smallest absolute Gasteiger partial charge is 0.376 e. The van der Waals surface area contributed by atoms with E-state index in [1.54, 1.807) is 0 Å². The first-order chi connectivity index (χ1) is 17.3. The molecule has 0 spiro atoms. The van der Waals surface area contributed by atoms with E-state index < -0.39 is 17.2 Å². The number of rotatable bonds is 6. The van der Waals surface area contributed by atoms with Gasteiger partial charge in [-0.2, -0.15) is 13.2 Å². The largest absolute Gasteiger partial charge is 0.421 e. The van der Waals surface area contributed by atoms with Gasteiger partial charge in [0.1, 0.15) is 0 Å². The van der Waals surface area contributed by atoms with Crippen molar-refractivity contribution in [2.24, 2.45) is 5.41 Å². The Labute approximate surface area is 209 Å². The zero-order valence-corrected chi connectivity index (χ0v) is 20.2. The number of hydrogen-bond donors (Lipinski definition) is 1. The van der Waals surface area contributed by atoms with Crippen LogP contribution in [0.4, 0.5) is 13.2 Å². The van der Waals surface area contributed by atoms with Gasteiger partial charge in [0.25, 0.3) is 0 Å². The van der Waals surface area contributed by atoms with Crippen molar-refractivity contribution >= 4 is 16.3 Å². The van der Waals surface area contributed by atoms with Crippen molar-refractivity contribution in [3.8, 4) is 0 Å². The normalized spacial score (nSPS) is 20.7. The fraction of sp³-hybridized carbons (Fsp3) is 0.250. The van der Waals surface area contributed by atoms with Crippen molar-refractivity contribution in [2.75, 3.05) is 0 Å². The molecule has 0 bridgehead atoms. The Kier molecular flexibility index (Phi) is 6.25. The molecule has 4 aromatic rings. The minimum atomic E-state index is -4.82. The van der Waals surface area contributed by atoms with Crippen LogP contribution < -0.4 is 0 Å². The maximum Gasteiger partial charge on any atom is 0.421 e. The van der Waals surface area contributed by atoms with Crippen LogP contribution in [-0.2, 0) is 12.8 Å². The molecule has 1 fully saturated rings. The summed E-state index contributed by atoms with van der Waals surface area (Å²) in [5.74, 6) is 0. The van der Waals surface area contributed by atoms with Gasteiger partial charge < -0.3 is 5.11 Å². The van der Waals surface area contributed by atoms with Crippen LogP contribution in [0, 0.1) is 5.41 Å². The van der Waals surface area contributed by atoms with Gasteiger partial charge in [-0.1, -0.05) is 104 Å². The first kappa shape index (κ1) is 24.3. The Morgan fingerprint density at radius 3 is 1.81 bits per heavy atom. The highest BCUT2D eigenvalue weighted by molar-refractivity contribution is 5.87. The second-order valence-corrected chi connectivity index (χ2v) is 9.86. The highest BCUT2D eigenvalue weighted by Crippen LogP contribution is 2.65. The summed E-state index contributed by atoms with van der Waals surface area (Å²) in [7, 11) is 0. The lowest BCUT2D eigenvalue weighted by atomic mass is 9.48. The summed E-state index contributed by atoms with van der Waals surface area (Å²) in [6.45, 7) is 1.86. The monoisotopic (exact) mass is 486 g/mol. The van der Waals surface area contributed by atoms with Crippen LogP contribution in [0.2, 0.25) is 0 Å². The molecular weight excluding hydrogens is 457 g/mol. The quantitative estimate of drug-likeness (QED) is 0.291. The van der Waals surface area contributed by atoms with Crippen molar-refractivity contribution in [3.05, 3.63) is 125 Å². The molecule has 184 valence electrons. The van der Waals surface area contributed by atoms with E-state index in [0.717, 1.165) is 27.5 Å². The summed E-state index contributed by atoms with van der Waals surface area (Å²) in [5, 5.41) is 13.8. The number of benzene rings is 4. The number of halogens is 3. The number of aliphatic hydroxyl groups is 1. The number of alkyl halides is 3. The molecule has 1 aliphatic carbocycles. The van der Waals surface area contributed by atoms with Gasteiger partial charge in [-0.15, -0.1) is 0 Å². The average molecular weight is 487 g/mol. The van der Waals surface area contributed by atoms with Gasteiger partial charge in [-0.25, -0.2) is 0 Å². The lowest BCUT2D eigenvalue weighted by Gasteiger charge is -2.59. The van der Waals surface area contributed by atoms with Gasteiger partial charge >= 0.3 is 6.18 Å². The summed E-state index contributed by atoms with van der Waals surface area (Å²) < 4.78 is 45.1. The molecule has 4 heteroatoms. The molecule has 1 aliphatic rings. The van der Waals surface area contributed by atoms with Crippen molar-refractivity contribution in [1.29, 1.82) is 0 Å². The summed E-state index contributed by atoms with van der Waals surface area (Å²) in [5.41, 5.74) is -1.33. The Balaban J connectivity index is 1.67. The SMILES string of the molecule is CC/C(=C1\CC(Cc2ccccc2)(Cc2ccccc2)[C@]1(O)C(F)(F)F)c1ccc2ccccc2c1. The Bertz CT molecular complexity index is 1350. The van der Waals surface area contributed by atoms with E-state index >= 15 is 13.2 Å². The van der Waals surface area contributed by atoms with Crippen LogP contribution in [0.15, 0.2) is 109 Å². The van der Waals surface area contributed by atoms with Gasteiger partial charge in [0.2, 0.25) is 0 Å². The van der Waals surface area contributed by atoms with E-state index in [1.165, 1.54) is 0 Å². The van der Waals surface area contributed by atoms with Crippen molar-refractivity contribution in [2.45, 2.75) is 44.4 Å². The van der Waals surface area contributed by atoms with Gasteiger partial charge in [-0.3, -0.25) is 0 Å². The molecule has 0 unspecified atom stereocenters. The molecule has 1 N–H and O–H groups in total. The van der Waals surface area contributed by atoms with Gasteiger partial charge in [0.05, 0.1) is 0 Å². The van der Waals surface area contributed by atoms with Gasteiger partial charge in [-0.05, 0) is 70.4 Å². The van der Waals surface area contributed by atoms with Gasteiger partial charge in [0, 0.05) is 5.41 Å². The third kappa shape index (κ3) is 4.04. The second-order valence-electron chi connectivity index (χ2n) is 9.86. The highest BCUT2D eigenvalue weighted by atomic mass is 19.4. The predicted octanol–water partition coefficient (Wildman–Crippen LogP) is 8.17. The first-order valence-electron chi connectivity index (χ1n) is 12.4. The van der Waals surface area contributed by atoms with Crippen LogP contribution in [0.1, 0.15) is 36.5 Å². The third-order valence-corrected chi connectivity index (χ3v) is 7.72. The molecule has 0 aromatic heterocycles. The third-order valence-electron chi connectivity index (χ3n) is 7.72. The molecular formula is C32H29F3O. The molecule has 1 nitrogen and oxygen atoms in total. The van der Waals surface area contributed by atoms with E-state index in [-0.39, 0.29) is 24.8 Å². The van der Waals surface area contributed by atoms with Crippen molar-refractivity contribution in [1.82, 2.24) is 0 Å². The molecule has 36 heavy (non-hydrogen) atoms. The zero-order chi connectivity index (χ0) is 25.4. The Hall–Kier alpha value is -3.37. The highest BCUT2D eigenvalue weighted by Gasteiger charge is 2.74. The fourth-order valence-corrected chi connectivity index (χ4v) is 5.99. The maximum atomic E-state index is 15.0.